The van der Waals surface area contributed by atoms with E-state index in [9.17, 15) is 22.8 Å². The molecule has 1 N–H and O–H groups in total. The van der Waals surface area contributed by atoms with E-state index in [4.69, 9.17) is 5.11 Å². The van der Waals surface area contributed by atoms with Crippen molar-refractivity contribution in [2.24, 2.45) is 0 Å². The van der Waals surface area contributed by atoms with E-state index in [-0.39, 0.29) is 5.56 Å². The Kier molecular flexibility index (Phi) is 3.31. The minimum Gasteiger partial charge on any atom is -0.475 e. The standard InChI is InChI=1S/C10H7F3O3/c11-10(12,13)7(8(14)9(15)16)6-4-2-1-3-5-6/h1-5,7H,(H,15,16). The molecule has 0 saturated heterocycles. The average molecular weight is 232 g/mol. The third-order valence-corrected chi connectivity index (χ3v) is 1.93. The Morgan fingerprint density at radius 3 is 2.00 bits per heavy atom. The van der Waals surface area contributed by atoms with Gasteiger partial charge in [-0.2, -0.15) is 13.2 Å². The molecule has 0 aliphatic rings. The second-order valence-corrected chi connectivity index (χ2v) is 3.05. The number of alkyl halides is 3. The molecule has 0 spiro atoms. The lowest BCUT2D eigenvalue weighted by Gasteiger charge is -2.17. The van der Waals surface area contributed by atoms with E-state index in [2.05, 4.69) is 0 Å². The predicted molar refractivity (Wildman–Crippen MR) is 47.9 cm³/mol. The maximum atomic E-state index is 12.5. The minimum atomic E-state index is -4.91. The second kappa shape index (κ2) is 4.34. The number of benzene rings is 1. The van der Waals surface area contributed by atoms with Crippen LogP contribution in [0.3, 0.4) is 0 Å². The van der Waals surface area contributed by atoms with Crippen LogP contribution in [-0.2, 0) is 9.59 Å². The van der Waals surface area contributed by atoms with Crippen LogP contribution in [0.1, 0.15) is 11.5 Å². The van der Waals surface area contributed by atoms with Gasteiger partial charge in [0, 0.05) is 0 Å². The number of carbonyl (C=O) groups excluding carboxylic acids is 1. The van der Waals surface area contributed by atoms with Gasteiger partial charge in [-0.25, -0.2) is 4.79 Å². The number of carboxylic acids is 1. The molecule has 1 rings (SSSR count). The molecule has 0 amide bonds. The molecular formula is C10H7F3O3. The van der Waals surface area contributed by atoms with E-state index >= 15 is 0 Å². The summed E-state index contributed by atoms with van der Waals surface area (Å²) in [6.07, 6.45) is -4.91. The summed E-state index contributed by atoms with van der Waals surface area (Å²) in [7, 11) is 0. The molecule has 1 unspecified atom stereocenters. The van der Waals surface area contributed by atoms with Gasteiger partial charge >= 0.3 is 12.1 Å². The monoisotopic (exact) mass is 232 g/mol. The zero-order valence-corrected chi connectivity index (χ0v) is 7.86. The fraction of sp³-hybridized carbons (Fsp3) is 0.200. The Hall–Kier alpha value is -1.85. The van der Waals surface area contributed by atoms with Gasteiger partial charge < -0.3 is 5.11 Å². The highest BCUT2D eigenvalue weighted by atomic mass is 19.4. The predicted octanol–water partition coefficient (Wildman–Crippen LogP) is 1.99. The van der Waals surface area contributed by atoms with Gasteiger partial charge in [0.25, 0.3) is 5.78 Å². The van der Waals surface area contributed by atoms with Crippen molar-refractivity contribution >= 4 is 11.8 Å². The van der Waals surface area contributed by atoms with E-state index in [0.717, 1.165) is 12.1 Å². The van der Waals surface area contributed by atoms with Crippen LogP contribution in [-0.4, -0.2) is 23.0 Å². The molecule has 86 valence electrons. The topological polar surface area (TPSA) is 54.4 Å². The van der Waals surface area contributed by atoms with Crippen molar-refractivity contribution < 1.29 is 27.9 Å². The Morgan fingerprint density at radius 2 is 1.62 bits per heavy atom. The number of aliphatic carboxylic acids is 1. The van der Waals surface area contributed by atoms with E-state index in [1.54, 1.807) is 0 Å². The van der Waals surface area contributed by atoms with Crippen molar-refractivity contribution in [3.05, 3.63) is 35.9 Å². The first-order valence-electron chi connectivity index (χ1n) is 4.23. The van der Waals surface area contributed by atoms with Gasteiger partial charge in [0.15, 0.2) is 0 Å². The van der Waals surface area contributed by atoms with Gasteiger partial charge in [-0.1, -0.05) is 30.3 Å². The van der Waals surface area contributed by atoms with E-state index in [1.807, 2.05) is 0 Å². The molecule has 0 aromatic heterocycles. The molecule has 1 aromatic rings. The third-order valence-electron chi connectivity index (χ3n) is 1.93. The van der Waals surface area contributed by atoms with Crippen LogP contribution in [0.4, 0.5) is 13.2 Å². The van der Waals surface area contributed by atoms with Crippen molar-refractivity contribution in [3.8, 4) is 0 Å². The molecule has 6 heteroatoms. The maximum Gasteiger partial charge on any atom is 0.403 e. The lowest BCUT2D eigenvalue weighted by Crippen LogP contribution is -2.33. The maximum absolute atomic E-state index is 12.5. The van der Waals surface area contributed by atoms with Crippen LogP contribution in [0, 0.1) is 0 Å². The summed E-state index contributed by atoms with van der Waals surface area (Å²) in [6, 6.07) is 6.23. The van der Waals surface area contributed by atoms with Crippen LogP contribution in [0.2, 0.25) is 0 Å². The second-order valence-electron chi connectivity index (χ2n) is 3.05. The Balaban J connectivity index is 3.18. The molecule has 0 saturated carbocycles. The Bertz CT molecular complexity index is 398. The van der Waals surface area contributed by atoms with Gasteiger partial charge in [0.2, 0.25) is 0 Å². The molecule has 3 nitrogen and oxygen atoms in total. The Morgan fingerprint density at radius 1 is 1.12 bits per heavy atom. The molecule has 1 aromatic carbocycles. The molecule has 0 radical (unpaired) electrons. The summed E-state index contributed by atoms with van der Waals surface area (Å²) in [4.78, 5) is 21.3. The van der Waals surface area contributed by atoms with E-state index in [0.29, 0.717) is 0 Å². The summed E-state index contributed by atoms with van der Waals surface area (Å²) in [5.74, 6) is -6.57. The summed E-state index contributed by atoms with van der Waals surface area (Å²) >= 11 is 0. The van der Waals surface area contributed by atoms with Crippen LogP contribution >= 0.6 is 0 Å². The van der Waals surface area contributed by atoms with Gasteiger partial charge in [-0.3, -0.25) is 4.79 Å². The zero-order chi connectivity index (χ0) is 12.3. The van der Waals surface area contributed by atoms with E-state index < -0.39 is 23.8 Å². The number of halogens is 3. The first-order chi connectivity index (χ1) is 7.34. The molecule has 0 heterocycles. The minimum absolute atomic E-state index is 0.373. The number of carbonyl (C=O) groups is 2. The Labute approximate surface area is 88.5 Å². The van der Waals surface area contributed by atoms with Crippen molar-refractivity contribution in [3.63, 3.8) is 0 Å². The summed E-state index contributed by atoms with van der Waals surface area (Å²) in [6.45, 7) is 0. The van der Waals surface area contributed by atoms with Crippen LogP contribution < -0.4 is 0 Å². The number of hydrogen-bond donors (Lipinski definition) is 1. The van der Waals surface area contributed by atoms with Gasteiger partial charge in [0.1, 0.15) is 5.92 Å². The van der Waals surface area contributed by atoms with Crippen LogP contribution in [0.15, 0.2) is 30.3 Å². The van der Waals surface area contributed by atoms with E-state index in [1.165, 1.54) is 18.2 Å². The molecule has 0 bridgehead atoms. The SMILES string of the molecule is O=C(O)C(=O)C(c1ccccc1)C(F)(F)F. The quantitative estimate of drug-likeness (QED) is 0.811. The number of rotatable bonds is 3. The van der Waals surface area contributed by atoms with Crippen molar-refractivity contribution in [2.75, 3.05) is 0 Å². The van der Waals surface area contributed by atoms with Gasteiger partial charge in [-0.15, -0.1) is 0 Å². The highest BCUT2D eigenvalue weighted by Crippen LogP contribution is 2.35. The number of Topliss-reactive ketones (excluding diaryl/α,β-unsaturated/α-hetero) is 1. The van der Waals surface area contributed by atoms with Crippen molar-refractivity contribution in [1.29, 1.82) is 0 Å². The summed E-state index contributed by atoms with van der Waals surface area (Å²) in [5.41, 5.74) is -0.373. The highest BCUT2D eigenvalue weighted by Gasteiger charge is 2.48. The number of ketones is 1. The lowest BCUT2D eigenvalue weighted by molar-refractivity contribution is -0.172. The molecule has 0 fully saturated rings. The largest absolute Gasteiger partial charge is 0.475 e. The molecular weight excluding hydrogens is 225 g/mol. The summed E-state index contributed by atoms with van der Waals surface area (Å²) < 4.78 is 37.6. The number of carboxylic acid groups (broad SMARTS) is 1. The summed E-state index contributed by atoms with van der Waals surface area (Å²) in [5, 5.41) is 8.33. The van der Waals surface area contributed by atoms with Gasteiger partial charge in [0.05, 0.1) is 0 Å². The van der Waals surface area contributed by atoms with Crippen LogP contribution in [0.25, 0.3) is 0 Å². The highest BCUT2D eigenvalue weighted by molar-refractivity contribution is 6.35. The average Bonchev–Trinajstić information content (AvgIpc) is 2.17. The van der Waals surface area contributed by atoms with Crippen molar-refractivity contribution in [2.45, 2.75) is 12.1 Å². The first-order valence-corrected chi connectivity index (χ1v) is 4.23. The molecule has 16 heavy (non-hydrogen) atoms. The third kappa shape index (κ3) is 2.59. The fourth-order valence-electron chi connectivity index (χ4n) is 1.26. The fourth-order valence-corrected chi connectivity index (χ4v) is 1.26. The van der Waals surface area contributed by atoms with Crippen LogP contribution in [0.5, 0.6) is 0 Å². The molecule has 0 aliphatic heterocycles. The van der Waals surface area contributed by atoms with Crippen molar-refractivity contribution in [1.82, 2.24) is 0 Å². The lowest BCUT2D eigenvalue weighted by atomic mass is 9.94. The number of hydrogen-bond acceptors (Lipinski definition) is 2. The first kappa shape index (κ1) is 12.2. The van der Waals surface area contributed by atoms with Gasteiger partial charge in [-0.05, 0) is 5.56 Å². The molecule has 0 aliphatic carbocycles. The smallest absolute Gasteiger partial charge is 0.403 e. The zero-order valence-electron chi connectivity index (χ0n) is 7.86. The molecule has 1 atom stereocenters. The normalized spacial score (nSPS) is 13.2.